The Bertz CT molecular complexity index is 581. The standard InChI is InChI=1S/C16H15NO3/c1-12(16(19)20-14-10-6-3-7-11-14)17-15(18)13-8-4-2-5-9-13/h2-12H,1H3,(H,17,18)/t12-/m0/s1. The van der Waals surface area contributed by atoms with Crippen molar-refractivity contribution in [2.45, 2.75) is 13.0 Å². The predicted molar refractivity (Wildman–Crippen MR) is 75.4 cm³/mol. The molecule has 20 heavy (non-hydrogen) atoms. The van der Waals surface area contributed by atoms with Crippen LogP contribution in [0.15, 0.2) is 60.7 Å². The van der Waals surface area contributed by atoms with Gasteiger partial charge in [0.05, 0.1) is 0 Å². The van der Waals surface area contributed by atoms with Crippen LogP contribution in [0.25, 0.3) is 0 Å². The van der Waals surface area contributed by atoms with Gasteiger partial charge in [0.1, 0.15) is 11.8 Å². The van der Waals surface area contributed by atoms with E-state index in [4.69, 9.17) is 4.74 Å². The van der Waals surface area contributed by atoms with Crippen molar-refractivity contribution in [2.24, 2.45) is 0 Å². The number of carbonyl (C=O) groups is 2. The van der Waals surface area contributed by atoms with Crippen LogP contribution in [0.3, 0.4) is 0 Å². The molecule has 0 aliphatic rings. The van der Waals surface area contributed by atoms with Gasteiger partial charge in [-0.2, -0.15) is 0 Å². The van der Waals surface area contributed by atoms with Gasteiger partial charge in [-0.1, -0.05) is 36.4 Å². The number of esters is 1. The summed E-state index contributed by atoms with van der Waals surface area (Å²) in [6, 6.07) is 16.8. The highest BCUT2D eigenvalue weighted by molar-refractivity contribution is 5.96. The molecule has 0 bridgehead atoms. The number of amides is 1. The fraction of sp³-hybridized carbons (Fsp3) is 0.125. The number of ether oxygens (including phenoxy) is 1. The minimum absolute atomic E-state index is 0.303. The molecule has 0 unspecified atom stereocenters. The summed E-state index contributed by atoms with van der Waals surface area (Å²) in [4.78, 5) is 23.7. The fourth-order valence-electron chi connectivity index (χ4n) is 1.62. The van der Waals surface area contributed by atoms with Gasteiger partial charge in [-0.3, -0.25) is 4.79 Å². The Morgan fingerprint density at radius 3 is 2.10 bits per heavy atom. The predicted octanol–water partition coefficient (Wildman–Crippen LogP) is 2.41. The van der Waals surface area contributed by atoms with Crippen molar-refractivity contribution in [3.05, 3.63) is 66.2 Å². The topological polar surface area (TPSA) is 55.4 Å². The van der Waals surface area contributed by atoms with Crippen LogP contribution in [-0.4, -0.2) is 17.9 Å². The van der Waals surface area contributed by atoms with Gasteiger partial charge in [0, 0.05) is 5.56 Å². The summed E-state index contributed by atoms with van der Waals surface area (Å²) in [5, 5.41) is 2.60. The van der Waals surface area contributed by atoms with Gasteiger partial charge in [0.25, 0.3) is 5.91 Å². The van der Waals surface area contributed by atoms with Crippen LogP contribution >= 0.6 is 0 Å². The Morgan fingerprint density at radius 1 is 0.950 bits per heavy atom. The largest absolute Gasteiger partial charge is 0.425 e. The monoisotopic (exact) mass is 269 g/mol. The molecule has 0 spiro atoms. The molecule has 2 rings (SSSR count). The smallest absolute Gasteiger partial charge is 0.333 e. The van der Waals surface area contributed by atoms with E-state index in [-0.39, 0.29) is 5.91 Å². The van der Waals surface area contributed by atoms with E-state index in [0.717, 1.165) is 0 Å². The molecule has 0 aromatic heterocycles. The number of nitrogens with one attached hydrogen (secondary N) is 1. The lowest BCUT2D eigenvalue weighted by Crippen LogP contribution is -2.40. The highest BCUT2D eigenvalue weighted by atomic mass is 16.5. The van der Waals surface area contributed by atoms with Gasteiger partial charge >= 0.3 is 5.97 Å². The third-order valence-electron chi connectivity index (χ3n) is 2.70. The van der Waals surface area contributed by atoms with E-state index in [1.807, 2.05) is 12.1 Å². The van der Waals surface area contributed by atoms with Crippen molar-refractivity contribution in [1.29, 1.82) is 0 Å². The lowest BCUT2D eigenvalue weighted by molar-refractivity contribution is -0.136. The normalized spacial score (nSPS) is 11.4. The van der Waals surface area contributed by atoms with Crippen molar-refractivity contribution >= 4 is 11.9 Å². The van der Waals surface area contributed by atoms with E-state index < -0.39 is 12.0 Å². The average Bonchev–Trinajstić information content (AvgIpc) is 2.49. The Labute approximate surface area is 117 Å². The fourth-order valence-corrected chi connectivity index (χ4v) is 1.62. The molecule has 1 atom stereocenters. The van der Waals surface area contributed by atoms with E-state index in [2.05, 4.69) is 5.32 Å². The van der Waals surface area contributed by atoms with Crippen molar-refractivity contribution in [3.63, 3.8) is 0 Å². The Balaban J connectivity index is 1.93. The number of carbonyl (C=O) groups excluding carboxylic acids is 2. The van der Waals surface area contributed by atoms with E-state index in [9.17, 15) is 9.59 Å². The molecule has 1 N–H and O–H groups in total. The first-order valence-corrected chi connectivity index (χ1v) is 6.29. The lowest BCUT2D eigenvalue weighted by atomic mass is 10.2. The highest BCUT2D eigenvalue weighted by Crippen LogP contribution is 2.09. The quantitative estimate of drug-likeness (QED) is 0.685. The Hall–Kier alpha value is -2.62. The molecule has 0 saturated carbocycles. The molecule has 102 valence electrons. The zero-order valence-corrected chi connectivity index (χ0v) is 11.1. The molecule has 0 heterocycles. The van der Waals surface area contributed by atoms with Gasteiger partial charge in [0.2, 0.25) is 0 Å². The molecule has 0 saturated heterocycles. The van der Waals surface area contributed by atoms with E-state index in [0.29, 0.717) is 11.3 Å². The van der Waals surface area contributed by atoms with Gasteiger partial charge in [-0.05, 0) is 31.2 Å². The Kier molecular flexibility index (Phi) is 4.50. The summed E-state index contributed by atoms with van der Waals surface area (Å²) in [6.45, 7) is 1.59. The summed E-state index contributed by atoms with van der Waals surface area (Å²) in [7, 11) is 0. The van der Waals surface area contributed by atoms with Gasteiger partial charge in [0.15, 0.2) is 0 Å². The van der Waals surface area contributed by atoms with Crippen LogP contribution in [0, 0.1) is 0 Å². The second kappa shape index (κ2) is 6.52. The van der Waals surface area contributed by atoms with E-state index in [1.165, 1.54) is 0 Å². The third kappa shape index (κ3) is 3.68. The third-order valence-corrected chi connectivity index (χ3v) is 2.70. The first kappa shape index (κ1) is 13.8. The molecule has 2 aromatic rings. The first-order chi connectivity index (χ1) is 9.66. The zero-order chi connectivity index (χ0) is 14.4. The van der Waals surface area contributed by atoms with Gasteiger partial charge in [-0.15, -0.1) is 0 Å². The summed E-state index contributed by atoms with van der Waals surface area (Å²) in [6.07, 6.45) is 0. The summed E-state index contributed by atoms with van der Waals surface area (Å²) >= 11 is 0. The van der Waals surface area contributed by atoms with Crippen LogP contribution in [0.4, 0.5) is 0 Å². The van der Waals surface area contributed by atoms with E-state index in [1.54, 1.807) is 55.5 Å². The molecule has 4 heteroatoms. The molecule has 1 amide bonds. The summed E-state index contributed by atoms with van der Waals surface area (Å²) in [5.74, 6) is -0.345. The number of para-hydroxylation sites is 1. The number of hydrogen-bond acceptors (Lipinski definition) is 3. The molecule has 0 radical (unpaired) electrons. The van der Waals surface area contributed by atoms with Gasteiger partial charge < -0.3 is 10.1 Å². The van der Waals surface area contributed by atoms with Crippen molar-refractivity contribution < 1.29 is 14.3 Å². The van der Waals surface area contributed by atoms with Crippen LogP contribution < -0.4 is 10.1 Å². The van der Waals surface area contributed by atoms with Crippen molar-refractivity contribution in [2.75, 3.05) is 0 Å². The molecular formula is C16H15NO3. The zero-order valence-electron chi connectivity index (χ0n) is 11.1. The number of benzene rings is 2. The molecule has 0 aliphatic carbocycles. The van der Waals surface area contributed by atoms with E-state index >= 15 is 0 Å². The highest BCUT2D eigenvalue weighted by Gasteiger charge is 2.18. The van der Waals surface area contributed by atoms with Crippen LogP contribution in [0.1, 0.15) is 17.3 Å². The Morgan fingerprint density at radius 2 is 1.50 bits per heavy atom. The minimum Gasteiger partial charge on any atom is -0.425 e. The first-order valence-electron chi connectivity index (χ1n) is 6.29. The molecule has 4 nitrogen and oxygen atoms in total. The molecular weight excluding hydrogens is 254 g/mol. The second-order valence-electron chi connectivity index (χ2n) is 4.30. The maximum atomic E-state index is 11.9. The van der Waals surface area contributed by atoms with Gasteiger partial charge in [-0.25, -0.2) is 4.79 Å². The summed E-state index contributed by atoms with van der Waals surface area (Å²) in [5.41, 5.74) is 0.506. The van der Waals surface area contributed by atoms with Crippen molar-refractivity contribution in [3.8, 4) is 5.75 Å². The molecule has 2 aromatic carbocycles. The molecule has 0 aliphatic heterocycles. The maximum absolute atomic E-state index is 11.9. The van der Waals surface area contributed by atoms with Crippen molar-refractivity contribution in [1.82, 2.24) is 5.32 Å². The number of rotatable bonds is 4. The van der Waals surface area contributed by atoms with Crippen LogP contribution in [0.2, 0.25) is 0 Å². The van der Waals surface area contributed by atoms with Crippen LogP contribution in [-0.2, 0) is 4.79 Å². The van der Waals surface area contributed by atoms with Crippen LogP contribution in [0.5, 0.6) is 5.75 Å². The summed E-state index contributed by atoms with van der Waals surface area (Å²) < 4.78 is 5.16. The maximum Gasteiger partial charge on any atom is 0.333 e. The molecule has 0 fully saturated rings. The average molecular weight is 269 g/mol. The number of hydrogen-bond donors (Lipinski definition) is 1. The minimum atomic E-state index is -0.720. The SMILES string of the molecule is C[C@H](NC(=O)c1ccccc1)C(=O)Oc1ccccc1. The second-order valence-corrected chi connectivity index (χ2v) is 4.30. The lowest BCUT2D eigenvalue weighted by Gasteiger charge is -2.13.